The predicted molar refractivity (Wildman–Crippen MR) is 112 cm³/mol. The molecule has 1 aromatic heterocycles. The van der Waals surface area contributed by atoms with Crippen molar-refractivity contribution >= 4 is 35.0 Å². The molecule has 7 nitrogen and oxygen atoms in total. The molecule has 0 unspecified atom stereocenters. The van der Waals surface area contributed by atoms with Crippen LogP contribution in [-0.2, 0) is 0 Å². The molecule has 2 amide bonds. The number of hydrogen-bond acceptors (Lipinski definition) is 5. The summed E-state index contributed by atoms with van der Waals surface area (Å²) in [6.45, 7) is 4.85. The van der Waals surface area contributed by atoms with Crippen molar-refractivity contribution in [1.29, 1.82) is 0 Å². The molecular formula is C20H25ClN6O. The number of carbonyl (C=O) groups is 1. The molecule has 4 rings (SSSR count). The van der Waals surface area contributed by atoms with E-state index in [-0.39, 0.29) is 6.03 Å². The minimum Gasteiger partial charge on any atom is -0.355 e. The third kappa shape index (κ3) is 4.30. The first-order valence-corrected chi connectivity index (χ1v) is 10.2. The van der Waals surface area contributed by atoms with Crippen LogP contribution in [0.5, 0.6) is 0 Å². The van der Waals surface area contributed by atoms with Crippen LogP contribution in [0, 0.1) is 0 Å². The van der Waals surface area contributed by atoms with E-state index in [4.69, 9.17) is 11.6 Å². The smallest absolute Gasteiger partial charge is 0.322 e. The van der Waals surface area contributed by atoms with Gasteiger partial charge in [-0.1, -0.05) is 23.7 Å². The van der Waals surface area contributed by atoms with Crippen molar-refractivity contribution in [2.24, 2.45) is 0 Å². The van der Waals surface area contributed by atoms with Gasteiger partial charge < -0.3 is 20.0 Å². The lowest BCUT2D eigenvalue weighted by molar-refractivity contribution is 0.208. The largest absolute Gasteiger partial charge is 0.355 e. The molecule has 0 radical (unpaired) electrons. The Hall–Kier alpha value is -2.54. The molecule has 148 valence electrons. The molecule has 0 bridgehead atoms. The van der Waals surface area contributed by atoms with Crippen LogP contribution in [-0.4, -0.2) is 60.4 Å². The molecule has 2 saturated heterocycles. The van der Waals surface area contributed by atoms with E-state index in [0.717, 1.165) is 37.8 Å². The molecule has 2 aliphatic rings. The van der Waals surface area contributed by atoms with Gasteiger partial charge >= 0.3 is 6.03 Å². The van der Waals surface area contributed by atoms with E-state index >= 15 is 0 Å². The zero-order chi connectivity index (χ0) is 19.3. The molecule has 1 N–H and O–H groups in total. The van der Waals surface area contributed by atoms with E-state index < -0.39 is 0 Å². The zero-order valence-corrected chi connectivity index (χ0v) is 16.6. The highest BCUT2D eigenvalue weighted by atomic mass is 35.5. The molecular weight excluding hydrogens is 376 g/mol. The Morgan fingerprint density at radius 2 is 1.43 bits per heavy atom. The average Bonchev–Trinajstić information content (AvgIpc) is 2.76. The first-order chi connectivity index (χ1) is 13.7. The molecule has 0 spiro atoms. The highest BCUT2D eigenvalue weighted by Crippen LogP contribution is 2.22. The fourth-order valence-corrected chi connectivity index (χ4v) is 3.86. The maximum Gasteiger partial charge on any atom is 0.322 e. The van der Waals surface area contributed by atoms with Crippen molar-refractivity contribution in [2.75, 3.05) is 54.4 Å². The number of piperazine rings is 1. The number of hydrogen-bond donors (Lipinski definition) is 1. The highest BCUT2D eigenvalue weighted by molar-refractivity contribution is 6.33. The number of carbonyl (C=O) groups excluding carboxylic acids is 1. The van der Waals surface area contributed by atoms with Crippen LogP contribution in [0.3, 0.4) is 0 Å². The Morgan fingerprint density at radius 1 is 0.821 bits per heavy atom. The van der Waals surface area contributed by atoms with Crippen molar-refractivity contribution < 1.29 is 4.79 Å². The lowest BCUT2D eigenvalue weighted by atomic mass is 10.1. The standard InChI is InChI=1S/C20H25ClN6O/c21-16-6-2-3-7-17(16)22-20(28)27-14-12-26(13-15-27)19-9-8-18(23-24-19)25-10-4-1-5-11-25/h2-3,6-9H,1,4-5,10-15H2,(H,22,28). The first-order valence-electron chi connectivity index (χ1n) is 9.85. The number of aromatic nitrogens is 2. The number of anilines is 3. The van der Waals surface area contributed by atoms with Crippen molar-refractivity contribution in [1.82, 2.24) is 15.1 Å². The lowest BCUT2D eigenvalue weighted by Gasteiger charge is -2.35. The van der Waals surface area contributed by atoms with Crippen LogP contribution in [0.4, 0.5) is 22.1 Å². The summed E-state index contributed by atoms with van der Waals surface area (Å²) in [5.41, 5.74) is 0.635. The number of piperidine rings is 1. The molecule has 1 aromatic carbocycles. The van der Waals surface area contributed by atoms with Gasteiger partial charge in [-0.25, -0.2) is 4.79 Å². The Bertz CT molecular complexity index is 801. The van der Waals surface area contributed by atoms with E-state index in [2.05, 4.69) is 31.4 Å². The minimum atomic E-state index is -0.126. The van der Waals surface area contributed by atoms with Crippen LogP contribution in [0.15, 0.2) is 36.4 Å². The Kier molecular flexibility index (Phi) is 5.81. The number of urea groups is 1. The minimum absolute atomic E-state index is 0.126. The quantitative estimate of drug-likeness (QED) is 0.854. The monoisotopic (exact) mass is 400 g/mol. The molecule has 28 heavy (non-hydrogen) atoms. The van der Waals surface area contributed by atoms with Crippen molar-refractivity contribution in [2.45, 2.75) is 19.3 Å². The van der Waals surface area contributed by atoms with Crippen molar-refractivity contribution in [3.05, 3.63) is 41.4 Å². The SMILES string of the molecule is O=C(Nc1ccccc1Cl)N1CCN(c2ccc(N3CCCCC3)nn2)CC1. The Labute approximate surface area is 170 Å². The van der Waals surface area contributed by atoms with Gasteiger partial charge in [0.15, 0.2) is 11.6 Å². The van der Waals surface area contributed by atoms with E-state index in [0.29, 0.717) is 23.8 Å². The second kappa shape index (κ2) is 8.65. The summed E-state index contributed by atoms with van der Waals surface area (Å²) in [5, 5.41) is 12.3. The van der Waals surface area contributed by atoms with Crippen LogP contribution in [0.2, 0.25) is 5.02 Å². The molecule has 0 aliphatic carbocycles. The molecule has 8 heteroatoms. The van der Waals surface area contributed by atoms with Crippen molar-refractivity contribution in [3.8, 4) is 0 Å². The normalized spacial score (nSPS) is 17.5. The average molecular weight is 401 g/mol. The molecule has 2 fully saturated rings. The van der Waals surface area contributed by atoms with Gasteiger partial charge in [0.1, 0.15) is 0 Å². The number of benzene rings is 1. The second-order valence-corrected chi connectivity index (χ2v) is 7.59. The number of rotatable bonds is 3. The summed E-state index contributed by atoms with van der Waals surface area (Å²) in [6, 6.07) is 11.2. The van der Waals surface area contributed by atoms with Gasteiger partial charge in [-0.05, 0) is 43.5 Å². The number of halogens is 1. The van der Waals surface area contributed by atoms with Gasteiger partial charge in [0.25, 0.3) is 0 Å². The summed E-state index contributed by atoms with van der Waals surface area (Å²) in [6.07, 6.45) is 3.75. The first kappa shape index (κ1) is 18.8. The van der Waals surface area contributed by atoms with Crippen LogP contribution in [0.25, 0.3) is 0 Å². The number of nitrogens with one attached hydrogen (secondary N) is 1. The van der Waals surface area contributed by atoms with E-state index in [1.54, 1.807) is 17.0 Å². The molecule has 0 saturated carbocycles. The van der Waals surface area contributed by atoms with E-state index in [9.17, 15) is 4.79 Å². The third-order valence-electron chi connectivity index (χ3n) is 5.32. The van der Waals surface area contributed by atoms with Crippen LogP contribution >= 0.6 is 11.6 Å². The molecule has 2 aliphatic heterocycles. The maximum atomic E-state index is 12.5. The van der Waals surface area contributed by atoms with E-state index in [1.165, 1.54) is 19.3 Å². The maximum absolute atomic E-state index is 12.5. The number of para-hydroxylation sites is 1. The lowest BCUT2D eigenvalue weighted by Crippen LogP contribution is -2.50. The van der Waals surface area contributed by atoms with Gasteiger partial charge in [0.05, 0.1) is 10.7 Å². The van der Waals surface area contributed by atoms with Gasteiger partial charge in [-0.2, -0.15) is 0 Å². The molecule has 0 atom stereocenters. The summed E-state index contributed by atoms with van der Waals surface area (Å²) in [4.78, 5) is 18.8. The second-order valence-electron chi connectivity index (χ2n) is 7.18. The van der Waals surface area contributed by atoms with Gasteiger partial charge in [0, 0.05) is 39.3 Å². The predicted octanol–water partition coefficient (Wildman–Crippen LogP) is 3.47. The fourth-order valence-electron chi connectivity index (χ4n) is 3.67. The van der Waals surface area contributed by atoms with Crippen LogP contribution < -0.4 is 15.1 Å². The molecule has 2 aromatic rings. The Balaban J connectivity index is 1.31. The van der Waals surface area contributed by atoms with Gasteiger partial charge in [-0.3, -0.25) is 0 Å². The van der Waals surface area contributed by atoms with E-state index in [1.807, 2.05) is 18.2 Å². The molecule has 3 heterocycles. The third-order valence-corrected chi connectivity index (χ3v) is 5.65. The summed E-state index contributed by atoms with van der Waals surface area (Å²) < 4.78 is 0. The zero-order valence-electron chi connectivity index (χ0n) is 15.9. The summed E-state index contributed by atoms with van der Waals surface area (Å²) >= 11 is 6.12. The van der Waals surface area contributed by atoms with Gasteiger partial charge in [0.2, 0.25) is 0 Å². The van der Waals surface area contributed by atoms with Gasteiger partial charge in [-0.15, -0.1) is 10.2 Å². The number of amides is 2. The summed E-state index contributed by atoms with van der Waals surface area (Å²) in [5.74, 6) is 1.83. The fraction of sp³-hybridized carbons (Fsp3) is 0.450. The van der Waals surface area contributed by atoms with Crippen molar-refractivity contribution in [3.63, 3.8) is 0 Å². The number of nitrogens with zero attached hydrogens (tertiary/aromatic N) is 5. The Morgan fingerprint density at radius 3 is 2.04 bits per heavy atom. The van der Waals surface area contributed by atoms with Crippen LogP contribution in [0.1, 0.15) is 19.3 Å². The highest BCUT2D eigenvalue weighted by Gasteiger charge is 2.23. The topological polar surface area (TPSA) is 64.6 Å². The summed E-state index contributed by atoms with van der Waals surface area (Å²) in [7, 11) is 0.